The second-order valence-corrected chi connectivity index (χ2v) is 4.33. The van der Waals surface area contributed by atoms with Crippen molar-refractivity contribution in [2.24, 2.45) is 0 Å². The van der Waals surface area contributed by atoms with Gasteiger partial charge in [0.05, 0.1) is 0 Å². The van der Waals surface area contributed by atoms with Gasteiger partial charge >= 0.3 is 23.1 Å². The molecule has 0 aliphatic carbocycles. The number of hydrogen-bond donors (Lipinski definition) is 0. The summed E-state index contributed by atoms with van der Waals surface area (Å²) in [6.45, 7) is 6.16. The van der Waals surface area contributed by atoms with E-state index in [1.165, 1.54) is 50.5 Å². The molecule has 0 saturated heterocycles. The van der Waals surface area contributed by atoms with E-state index in [2.05, 4.69) is 38.1 Å². The van der Waals surface area contributed by atoms with E-state index in [0.717, 1.165) is 5.56 Å². The van der Waals surface area contributed by atoms with Crippen LogP contribution in [-0.2, 0) is 6.42 Å². The quantitative estimate of drug-likeness (QED) is 0.396. The van der Waals surface area contributed by atoms with Crippen LogP contribution in [0.2, 0.25) is 0 Å². The van der Waals surface area contributed by atoms with Crippen LogP contribution in [0.4, 0.5) is 0 Å². The molecule has 2 heteroatoms. The van der Waals surface area contributed by atoms with Crippen LogP contribution in [0.5, 0.6) is 0 Å². The maximum atomic E-state index is 3.89. The van der Waals surface area contributed by atoms with Gasteiger partial charge in [0, 0.05) is 0 Å². The predicted octanol–water partition coefficient (Wildman–Crippen LogP) is 1.39. The Bertz CT molecular complexity index is 256. The molecule has 0 N–H and O–H groups in total. The normalized spacial score (nSPS) is 9.24. The fourth-order valence-electron chi connectivity index (χ4n) is 1.82. The molecule has 1 rings (SSSR count). The van der Waals surface area contributed by atoms with Gasteiger partial charge in [-0.3, -0.25) is 0 Å². The first kappa shape index (κ1) is 19.5. The molecule has 92 valence electrons. The van der Waals surface area contributed by atoms with E-state index in [0.29, 0.717) is 0 Å². The molecule has 0 heterocycles. The predicted molar refractivity (Wildman–Crippen MR) is 73.7 cm³/mol. The van der Waals surface area contributed by atoms with Gasteiger partial charge in [-0.1, -0.05) is 44.6 Å². The Hall–Kier alpha value is 0.146. The van der Waals surface area contributed by atoms with Gasteiger partial charge < -0.3 is 12.4 Å². The molecule has 0 fully saturated rings. The Kier molecular flexibility index (Phi) is 14.4. The smallest absolute Gasteiger partial charge is 1.00 e. The minimum atomic E-state index is 0. The summed E-state index contributed by atoms with van der Waals surface area (Å²) < 4.78 is 0. The zero-order chi connectivity index (χ0) is 10.9. The van der Waals surface area contributed by atoms with Gasteiger partial charge in [0.25, 0.3) is 0 Å². The second kappa shape index (κ2) is 12.6. The van der Waals surface area contributed by atoms with Crippen LogP contribution in [0.3, 0.4) is 0 Å². The summed E-state index contributed by atoms with van der Waals surface area (Å²) in [6.07, 6.45) is 9.50. The van der Waals surface area contributed by atoms with Crippen LogP contribution in [0, 0.1) is 6.92 Å². The molecule has 0 radical (unpaired) electrons. The monoisotopic (exact) mass is 262 g/mol. The zero-order valence-electron chi connectivity index (χ0n) is 11.1. The number of hydrogen-bond acceptors (Lipinski definition) is 0. The van der Waals surface area contributed by atoms with Crippen LogP contribution < -0.4 is 12.4 Å². The van der Waals surface area contributed by atoms with Gasteiger partial charge in [0.15, 0.2) is 0 Å². The van der Waals surface area contributed by atoms with Gasteiger partial charge in [0.1, 0.15) is 0 Å². The molecule has 0 bridgehead atoms. The zero-order valence-corrected chi connectivity index (χ0v) is 13.2. The van der Waals surface area contributed by atoms with Crippen LogP contribution in [0.15, 0.2) is 24.3 Å². The molecule has 17 heavy (non-hydrogen) atoms. The summed E-state index contributed by atoms with van der Waals surface area (Å²) in [5.41, 5.74) is 2.57. The van der Waals surface area contributed by atoms with Crippen molar-refractivity contribution in [3.8, 4) is 0 Å². The van der Waals surface area contributed by atoms with E-state index in [1.807, 2.05) is 0 Å². The largest absolute Gasteiger partial charge is 2.00 e. The summed E-state index contributed by atoms with van der Waals surface area (Å²) in [4.78, 5) is 0. The van der Waals surface area contributed by atoms with Crippen LogP contribution >= 0.6 is 0 Å². The molecule has 0 amide bonds. The first-order chi connectivity index (χ1) is 7.33. The van der Waals surface area contributed by atoms with E-state index in [4.69, 9.17) is 0 Å². The summed E-state index contributed by atoms with van der Waals surface area (Å²) in [5.74, 6) is 0. The van der Waals surface area contributed by atoms with Crippen molar-refractivity contribution >= 4 is 23.1 Å². The van der Waals surface area contributed by atoms with Crippen molar-refractivity contribution in [2.75, 3.05) is 0 Å². The second-order valence-electron chi connectivity index (χ2n) is 4.33. The fraction of sp³-hybridized carbons (Fsp3) is 0.533. The average molecular weight is 263 g/mol. The number of rotatable bonds is 7. The molecule has 0 spiro atoms. The minimum absolute atomic E-state index is 0. The van der Waals surface area contributed by atoms with Crippen molar-refractivity contribution in [3.63, 3.8) is 0 Å². The molecule has 0 unspecified atom stereocenters. The molecule has 0 nitrogen and oxygen atoms in total. The van der Waals surface area contributed by atoms with Crippen molar-refractivity contribution in [3.05, 3.63) is 42.3 Å². The van der Waals surface area contributed by atoms with E-state index in [-0.39, 0.29) is 35.5 Å². The summed E-state index contributed by atoms with van der Waals surface area (Å²) >= 11 is 0. The topological polar surface area (TPSA) is 0 Å². The van der Waals surface area contributed by atoms with Crippen LogP contribution in [0.1, 0.15) is 56.6 Å². The molecule has 1 aromatic rings. The van der Waals surface area contributed by atoms with E-state index in [9.17, 15) is 0 Å². The maximum absolute atomic E-state index is 3.89. The first-order valence-corrected chi connectivity index (χ1v) is 6.24. The standard InChI is InChI=1S/C15H23.ClH.Mg/c1-3-4-5-6-7-8-9-15-12-10-14(2)11-13-15;;/h10-13H,2-9H2,1H3;1H;/q-1;;+2/p-1. The molecule has 0 aliphatic heterocycles. The van der Waals surface area contributed by atoms with Crippen molar-refractivity contribution in [1.29, 1.82) is 0 Å². The third-order valence-electron chi connectivity index (χ3n) is 2.84. The van der Waals surface area contributed by atoms with Gasteiger partial charge in [-0.15, -0.1) is 12.1 Å². The van der Waals surface area contributed by atoms with Crippen molar-refractivity contribution < 1.29 is 12.4 Å². The van der Waals surface area contributed by atoms with Gasteiger partial charge in [-0.05, 0) is 12.8 Å². The maximum Gasteiger partial charge on any atom is 2.00 e. The van der Waals surface area contributed by atoms with E-state index < -0.39 is 0 Å². The number of unbranched alkanes of at least 4 members (excludes halogenated alkanes) is 5. The Labute approximate surface area is 129 Å². The first-order valence-electron chi connectivity index (χ1n) is 6.24. The third kappa shape index (κ3) is 9.81. The molecule has 0 aromatic heterocycles. The molecular formula is C15H23ClMg. The van der Waals surface area contributed by atoms with Crippen LogP contribution in [-0.4, -0.2) is 23.1 Å². The Morgan fingerprint density at radius 3 is 2.00 bits per heavy atom. The van der Waals surface area contributed by atoms with E-state index in [1.54, 1.807) is 0 Å². The fourth-order valence-corrected chi connectivity index (χ4v) is 1.82. The summed E-state index contributed by atoms with van der Waals surface area (Å²) in [7, 11) is 0. The summed E-state index contributed by atoms with van der Waals surface area (Å²) in [6, 6.07) is 8.61. The average Bonchev–Trinajstić information content (AvgIpc) is 2.26. The van der Waals surface area contributed by atoms with Gasteiger partial charge in [-0.2, -0.15) is 24.6 Å². The minimum Gasteiger partial charge on any atom is -1.00 e. The Morgan fingerprint density at radius 2 is 1.41 bits per heavy atom. The van der Waals surface area contributed by atoms with Crippen molar-refractivity contribution in [1.82, 2.24) is 0 Å². The Morgan fingerprint density at radius 1 is 0.882 bits per heavy atom. The van der Waals surface area contributed by atoms with Crippen LogP contribution in [0.25, 0.3) is 0 Å². The SMILES string of the molecule is [CH2-]c1ccc(CCCCCCCC)cc1.[Cl-].[Mg+2]. The van der Waals surface area contributed by atoms with Crippen molar-refractivity contribution in [2.45, 2.75) is 51.9 Å². The number of halogens is 1. The molecular weight excluding hydrogens is 240 g/mol. The molecule has 0 aliphatic rings. The number of aryl methyl sites for hydroxylation is 1. The third-order valence-corrected chi connectivity index (χ3v) is 2.84. The molecule has 1 aromatic carbocycles. The Balaban J connectivity index is 0. The molecule has 0 saturated carbocycles. The summed E-state index contributed by atoms with van der Waals surface area (Å²) in [5, 5.41) is 0. The molecule has 0 atom stereocenters. The number of benzene rings is 1. The van der Waals surface area contributed by atoms with E-state index >= 15 is 0 Å². The van der Waals surface area contributed by atoms with Gasteiger partial charge in [-0.25, -0.2) is 0 Å². The van der Waals surface area contributed by atoms with Gasteiger partial charge in [0.2, 0.25) is 0 Å².